The normalized spacial score (nSPS) is 31.1. The van der Waals surface area contributed by atoms with Crippen molar-refractivity contribution in [1.82, 2.24) is 4.90 Å². The molecule has 2 rings (SSSR count). The van der Waals surface area contributed by atoms with Gasteiger partial charge >= 0.3 is 0 Å². The van der Waals surface area contributed by atoms with E-state index >= 15 is 0 Å². The van der Waals surface area contributed by atoms with Gasteiger partial charge in [0.25, 0.3) is 5.91 Å². The lowest BCUT2D eigenvalue weighted by molar-refractivity contribution is -0.141. The van der Waals surface area contributed by atoms with Crippen LogP contribution in [0.5, 0.6) is 0 Å². The molecule has 5 nitrogen and oxygen atoms in total. The van der Waals surface area contributed by atoms with Crippen molar-refractivity contribution in [1.29, 1.82) is 0 Å². The average Bonchev–Trinajstić information content (AvgIpc) is 2.98. The van der Waals surface area contributed by atoms with Gasteiger partial charge in [-0.2, -0.15) is 0 Å². The maximum absolute atomic E-state index is 12.1. The van der Waals surface area contributed by atoms with E-state index in [4.69, 9.17) is 15.2 Å². The lowest BCUT2D eigenvalue weighted by atomic mass is 10.1. The molecule has 0 aromatic carbocycles. The van der Waals surface area contributed by atoms with Crippen LogP contribution in [0.15, 0.2) is 0 Å². The van der Waals surface area contributed by atoms with Gasteiger partial charge in [-0.1, -0.05) is 0 Å². The van der Waals surface area contributed by atoms with E-state index in [-0.39, 0.29) is 30.5 Å². The molecule has 0 aliphatic carbocycles. The summed E-state index contributed by atoms with van der Waals surface area (Å²) < 4.78 is 10.9. The molecule has 1 unspecified atom stereocenters. The zero-order valence-corrected chi connectivity index (χ0v) is 11.7. The molecular formula is C12H23ClN2O3. The third-order valence-corrected chi connectivity index (χ3v) is 3.58. The highest BCUT2D eigenvalue weighted by Crippen LogP contribution is 2.21. The largest absolute Gasteiger partial charge is 0.381 e. The van der Waals surface area contributed by atoms with E-state index in [2.05, 4.69) is 0 Å². The molecule has 0 saturated carbocycles. The van der Waals surface area contributed by atoms with Gasteiger partial charge in [0, 0.05) is 32.7 Å². The summed E-state index contributed by atoms with van der Waals surface area (Å²) in [5, 5.41) is 0. The molecule has 2 aliphatic rings. The fourth-order valence-electron chi connectivity index (χ4n) is 2.51. The standard InChI is InChI=1S/C12H22N2O3.ClH/c1-14(7-9-4-5-16-8-9)12(15)11-3-2-10(6-13)17-11;/h9-11H,2-8,13H2,1H3;1H/t9?,10-,11+;/m1./s1. The summed E-state index contributed by atoms with van der Waals surface area (Å²) >= 11 is 0. The van der Waals surface area contributed by atoms with Gasteiger partial charge in [0.2, 0.25) is 0 Å². The summed E-state index contributed by atoms with van der Waals surface area (Å²) in [5.74, 6) is 0.573. The van der Waals surface area contributed by atoms with Gasteiger partial charge in [-0.15, -0.1) is 12.4 Å². The number of likely N-dealkylation sites (N-methyl/N-ethyl adjacent to an activating group) is 1. The molecule has 2 aliphatic heterocycles. The van der Waals surface area contributed by atoms with Crippen LogP contribution in [0, 0.1) is 5.92 Å². The monoisotopic (exact) mass is 278 g/mol. The quantitative estimate of drug-likeness (QED) is 0.809. The minimum absolute atomic E-state index is 0. The number of nitrogens with zero attached hydrogens (tertiary/aromatic N) is 1. The SMILES string of the molecule is CN(CC1CCOC1)C(=O)[C@@H]1CC[C@H](CN)O1.Cl. The van der Waals surface area contributed by atoms with Crippen molar-refractivity contribution in [2.45, 2.75) is 31.5 Å². The van der Waals surface area contributed by atoms with E-state index in [0.717, 1.165) is 39.0 Å². The summed E-state index contributed by atoms with van der Waals surface area (Å²) in [7, 11) is 1.85. The predicted molar refractivity (Wildman–Crippen MR) is 70.8 cm³/mol. The van der Waals surface area contributed by atoms with Gasteiger partial charge in [-0.3, -0.25) is 4.79 Å². The minimum atomic E-state index is -0.282. The van der Waals surface area contributed by atoms with Crippen molar-refractivity contribution >= 4 is 18.3 Å². The number of ether oxygens (including phenoxy) is 2. The van der Waals surface area contributed by atoms with Crippen LogP contribution in [-0.4, -0.2) is 56.4 Å². The van der Waals surface area contributed by atoms with Crippen LogP contribution in [0.3, 0.4) is 0 Å². The van der Waals surface area contributed by atoms with Gasteiger partial charge in [-0.05, 0) is 19.3 Å². The lowest BCUT2D eigenvalue weighted by Gasteiger charge is -2.23. The van der Waals surface area contributed by atoms with Crippen molar-refractivity contribution in [3.63, 3.8) is 0 Å². The predicted octanol–water partition coefficient (Wildman–Crippen LogP) is 0.409. The molecule has 2 N–H and O–H groups in total. The molecule has 2 fully saturated rings. The Labute approximate surface area is 114 Å². The molecule has 0 aromatic heterocycles. The van der Waals surface area contributed by atoms with Crippen molar-refractivity contribution < 1.29 is 14.3 Å². The summed E-state index contributed by atoms with van der Waals surface area (Å²) in [6.45, 7) is 2.87. The van der Waals surface area contributed by atoms with Gasteiger partial charge in [0.05, 0.1) is 12.7 Å². The Balaban J connectivity index is 0.00000162. The Bertz CT molecular complexity index is 272. The molecular weight excluding hydrogens is 256 g/mol. The number of amides is 1. The maximum atomic E-state index is 12.1. The van der Waals surface area contributed by atoms with E-state index in [1.165, 1.54) is 0 Å². The second-order valence-corrected chi connectivity index (χ2v) is 5.01. The fraction of sp³-hybridized carbons (Fsp3) is 0.917. The van der Waals surface area contributed by atoms with Crippen molar-refractivity contribution in [2.75, 3.05) is 33.4 Å². The first kappa shape index (κ1) is 15.7. The number of carbonyl (C=O) groups is 1. The van der Waals surface area contributed by atoms with Crippen LogP contribution in [0.1, 0.15) is 19.3 Å². The molecule has 2 heterocycles. The van der Waals surface area contributed by atoms with Crippen LogP contribution in [0.4, 0.5) is 0 Å². The second kappa shape index (κ2) is 7.28. The molecule has 0 aromatic rings. The molecule has 0 spiro atoms. The summed E-state index contributed by atoms with van der Waals surface area (Å²) in [6.07, 6.45) is 2.52. The van der Waals surface area contributed by atoms with Gasteiger partial charge < -0.3 is 20.1 Å². The van der Waals surface area contributed by atoms with E-state index in [1.807, 2.05) is 7.05 Å². The van der Waals surface area contributed by atoms with Crippen LogP contribution in [0.25, 0.3) is 0 Å². The van der Waals surface area contributed by atoms with E-state index in [1.54, 1.807) is 4.90 Å². The summed E-state index contributed by atoms with van der Waals surface area (Å²) in [5.41, 5.74) is 5.54. The highest BCUT2D eigenvalue weighted by atomic mass is 35.5. The van der Waals surface area contributed by atoms with E-state index < -0.39 is 0 Å². The Morgan fingerprint density at radius 2 is 2.17 bits per heavy atom. The zero-order chi connectivity index (χ0) is 12.3. The number of rotatable bonds is 4. The third-order valence-electron chi connectivity index (χ3n) is 3.58. The smallest absolute Gasteiger partial charge is 0.251 e. The fourth-order valence-corrected chi connectivity index (χ4v) is 2.51. The molecule has 1 amide bonds. The van der Waals surface area contributed by atoms with E-state index in [9.17, 15) is 4.79 Å². The Kier molecular flexibility index (Phi) is 6.35. The highest BCUT2D eigenvalue weighted by molar-refractivity contribution is 5.85. The van der Waals surface area contributed by atoms with Gasteiger partial charge in [-0.25, -0.2) is 0 Å². The number of carbonyl (C=O) groups excluding carboxylic acids is 1. The van der Waals surface area contributed by atoms with Crippen molar-refractivity contribution in [3.8, 4) is 0 Å². The number of nitrogens with two attached hydrogens (primary N) is 1. The minimum Gasteiger partial charge on any atom is -0.381 e. The van der Waals surface area contributed by atoms with Crippen molar-refractivity contribution in [2.24, 2.45) is 11.7 Å². The third kappa shape index (κ3) is 3.82. The first-order valence-electron chi connectivity index (χ1n) is 6.39. The molecule has 2 saturated heterocycles. The number of hydrogen-bond acceptors (Lipinski definition) is 4. The van der Waals surface area contributed by atoms with Crippen LogP contribution in [-0.2, 0) is 14.3 Å². The topological polar surface area (TPSA) is 64.8 Å². The lowest BCUT2D eigenvalue weighted by Crippen LogP contribution is -2.39. The molecule has 6 heteroatoms. The first-order valence-corrected chi connectivity index (χ1v) is 6.39. The summed E-state index contributed by atoms with van der Waals surface area (Å²) in [6, 6.07) is 0. The molecule has 0 bridgehead atoms. The summed E-state index contributed by atoms with van der Waals surface area (Å²) in [4.78, 5) is 13.9. The highest BCUT2D eigenvalue weighted by Gasteiger charge is 2.32. The number of hydrogen-bond donors (Lipinski definition) is 1. The Hall–Kier alpha value is -0.360. The van der Waals surface area contributed by atoms with Gasteiger partial charge in [0.15, 0.2) is 0 Å². The first-order chi connectivity index (χ1) is 8.20. The Morgan fingerprint density at radius 1 is 1.39 bits per heavy atom. The van der Waals surface area contributed by atoms with Crippen LogP contribution < -0.4 is 5.73 Å². The average molecular weight is 279 g/mol. The van der Waals surface area contributed by atoms with Crippen molar-refractivity contribution in [3.05, 3.63) is 0 Å². The van der Waals surface area contributed by atoms with Gasteiger partial charge in [0.1, 0.15) is 6.10 Å². The number of halogens is 1. The molecule has 0 radical (unpaired) electrons. The molecule has 3 atom stereocenters. The van der Waals surface area contributed by atoms with Crippen LogP contribution >= 0.6 is 12.4 Å². The molecule has 18 heavy (non-hydrogen) atoms. The maximum Gasteiger partial charge on any atom is 0.251 e. The van der Waals surface area contributed by atoms with E-state index in [0.29, 0.717) is 12.5 Å². The Morgan fingerprint density at radius 3 is 2.72 bits per heavy atom. The van der Waals surface area contributed by atoms with Crippen LogP contribution in [0.2, 0.25) is 0 Å². The molecule has 106 valence electrons. The second-order valence-electron chi connectivity index (χ2n) is 5.01. The zero-order valence-electron chi connectivity index (χ0n) is 10.8.